The fraction of sp³-hybridized carbons (Fsp3) is 0.625. The van der Waals surface area contributed by atoms with E-state index in [1.54, 1.807) is 0 Å². The minimum atomic E-state index is 0.585. The summed E-state index contributed by atoms with van der Waals surface area (Å²) in [6, 6.07) is 0. The Kier molecular flexibility index (Phi) is 3.55. The molecule has 1 aliphatic carbocycles. The molecule has 0 saturated carbocycles. The number of nitrogens with one attached hydrogen (secondary N) is 1. The molecule has 2 aromatic rings. The molecule has 0 aromatic carbocycles. The third-order valence-corrected chi connectivity index (χ3v) is 5.78. The first-order chi connectivity index (χ1) is 10.3. The lowest BCUT2D eigenvalue weighted by atomic mass is 9.97. The van der Waals surface area contributed by atoms with E-state index in [4.69, 9.17) is 14.7 Å². The molecule has 0 radical (unpaired) electrons. The van der Waals surface area contributed by atoms with Crippen LogP contribution in [0.5, 0.6) is 0 Å². The van der Waals surface area contributed by atoms with Gasteiger partial charge in [-0.15, -0.1) is 11.3 Å². The molecule has 1 unspecified atom stereocenters. The van der Waals surface area contributed by atoms with Gasteiger partial charge in [0.05, 0.1) is 5.39 Å². The summed E-state index contributed by atoms with van der Waals surface area (Å²) in [5.74, 6) is 2.58. The number of hydrogen-bond donors (Lipinski definition) is 1. The Labute approximate surface area is 128 Å². The highest BCUT2D eigenvalue weighted by molar-refractivity contribution is 7.19. The van der Waals surface area contributed by atoms with Gasteiger partial charge >= 0.3 is 0 Å². The number of hydrogen-bond acceptors (Lipinski definition) is 5. The average Bonchev–Trinajstić information content (AvgIpc) is 3.13. The van der Waals surface area contributed by atoms with E-state index >= 15 is 0 Å². The highest BCUT2D eigenvalue weighted by Gasteiger charge is 2.22. The molecule has 4 nitrogen and oxygen atoms in total. The van der Waals surface area contributed by atoms with E-state index in [1.165, 1.54) is 46.3 Å². The van der Waals surface area contributed by atoms with Crippen molar-refractivity contribution >= 4 is 27.4 Å². The molecule has 1 fully saturated rings. The Morgan fingerprint density at radius 1 is 1.29 bits per heavy atom. The molecule has 1 saturated heterocycles. The average molecular weight is 303 g/mol. The largest absolute Gasteiger partial charge is 0.381 e. The van der Waals surface area contributed by atoms with Crippen LogP contribution in [0, 0.1) is 5.92 Å². The maximum absolute atomic E-state index is 5.47. The molecule has 0 amide bonds. The van der Waals surface area contributed by atoms with Crippen molar-refractivity contribution in [3.05, 3.63) is 16.3 Å². The standard InChI is InChI=1S/C16H21N3OS/c1-17-15-14-11-4-2-3-5-12(11)21-16(14)19-13(18-15)8-10-6-7-20-9-10/h10H,2-9H2,1H3,(H,17,18,19). The summed E-state index contributed by atoms with van der Waals surface area (Å²) in [5, 5.41) is 4.58. The minimum absolute atomic E-state index is 0.585. The van der Waals surface area contributed by atoms with Crippen molar-refractivity contribution in [3.63, 3.8) is 0 Å². The molecule has 112 valence electrons. The van der Waals surface area contributed by atoms with E-state index in [2.05, 4.69) is 5.32 Å². The van der Waals surface area contributed by atoms with Gasteiger partial charge < -0.3 is 10.1 Å². The highest BCUT2D eigenvalue weighted by Crippen LogP contribution is 2.38. The van der Waals surface area contributed by atoms with Crippen LogP contribution in [0.3, 0.4) is 0 Å². The highest BCUT2D eigenvalue weighted by atomic mass is 32.1. The summed E-state index contributed by atoms with van der Waals surface area (Å²) in [7, 11) is 1.97. The molecular formula is C16H21N3OS. The number of aryl methyl sites for hydroxylation is 2. The molecule has 1 N–H and O–H groups in total. The molecule has 21 heavy (non-hydrogen) atoms. The van der Waals surface area contributed by atoms with Crippen molar-refractivity contribution in [2.45, 2.75) is 38.5 Å². The zero-order chi connectivity index (χ0) is 14.2. The van der Waals surface area contributed by atoms with E-state index in [9.17, 15) is 0 Å². The molecule has 0 spiro atoms. The summed E-state index contributed by atoms with van der Waals surface area (Å²) in [6.45, 7) is 1.75. The van der Waals surface area contributed by atoms with Crippen molar-refractivity contribution in [2.75, 3.05) is 25.6 Å². The van der Waals surface area contributed by atoms with Crippen molar-refractivity contribution in [2.24, 2.45) is 5.92 Å². The third-order valence-electron chi connectivity index (χ3n) is 4.59. The molecule has 1 aliphatic heterocycles. The number of rotatable bonds is 3. The van der Waals surface area contributed by atoms with Crippen LogP contribution in [0.15, 0.2) is 0 Å². The van der Waals surface area contributed by atoms with Gasteiger partial charge in [-0.1, -0.05) is 0 Å². The van der Waals surface area contributed by atoms with E-state index in [0.29, 0.717) is 5.92 Å². The van der Waals surface area contributed by atoms with Gasteiger partial charge in [-0.05, 0) is 43.6 Å². The Morgan fingerprint density at radius 2 is 2.19 bits per heavy atom. The van der Waals surface area contributed by atoms with Crippen LogP contribution in [0.1, 0.15) is 35.5 Å². The lowest BCUT2D eigenvalue weighted by Gasteiger charge is -2.12. The van der Waals surface area contributed by atoms with Gasteiger partial charge in [0.1, 0.15) is 16.5 Å². The monoisotopic (exact) mass is 303 g/mol. The Morgan fingerprint density at radius 3 is 3.00 bits per heavy atom. The van der Waals surface area contributed by atoms with Crippen LogP contribution < -0.4 is 5.32 Å². The predicted octanol–water partition coefficient (Wildman–Crippen LogP) is 3.19. The smallest absolute Gasteiger partial charge is 0.138 e. The van der Waals surface area contributed by atoms with Crippen molar-refractivity contribution in [3.8, 4) is 0 Å². The summed E-state index contributed by atoms with van der Waals surface area (Å²) in [4.78, 5) is 12.4. The van der Waals surface area contributed by atoms with Crippen LogP contribution >= 0.6 is 11.3 Å². The van der Waals surface area contributed by atoms with Gasteiger partial charge in [-0.2, -0.15) is 0 Å². The maximum Gasteiger partial charge on any atom is 0.138 e. The van der Waals surface area contributed by atoms with Crippen LogP contribution in [-0.2, 0) is 24.0 Å². The van der Waals surface area contributed by atoms with E-state index in [0.717, 1.165) is 37.7 Å². The molecule has 4 rings (SSSR count). The molecule has 2 aromatic heterocycles. The zero-order valence-electron chi connectivity index (χ0n) is 12.4. The molecular weight excluding hydrogens is 282 g/mol. The molecule has 3 heterocycles. The Bertz CT molecular complexity index is 661. The van der Waals surface area contributed by atoms with Crippen molar-refractivity contribution in [1.29, 1.82) is 0 Å². The molecule has 2 aliphatic rings. The fourth-order valence-electron chi connectivity index (χ4n) is 3.48. The summed E-state index contributed by atoms with van der Waals surface area (Å²) >= 11 is 1.88. The third kappa shape index (κ3) is 2.42. The number of nitrogens with zero attached hydrogens (tertiary/aromatic N) is 2. The van der Waals surface area contributed by atoms with Gasteiger partial charge in [0.25, 0.3) is 0 Å². The van der Waals surface area contributed by atoms with Crippen LogP contribution in [0.25, 0.3) is 10.2 Å². The topological polar surface area (TPSA) is 47.0 Å². The quantitative estimate of drug-likeness (QED) is 0.946. The van der Waals surface area contributed by atoms with E-state index in [1.807, 2.05) is 18.4 Å². The normalized spacial score (nSPS) is 21.7. The first kappa shape index (κ1) is 13.5. The first-order valence-corrected chi connectivity index (χ1v) is 8.73. The Balaban J connectivity index is 1.76. The SMILES string of the molecule is CNc1nc(CC2CCOC2)nc2sc3c(c12)CCCC3. The number of ether oxygens (including phenoxy) is 1. The van der Waals surface area contributed by atoms with Gasteiger partial charge in [0, 0.05) is 31.6 Å². The predicted molar refractivity (Wildman–Crippen MR) is 86.2 cm³/mol. The van der Waals surface area contributed by atoms with Crippen LogP contribution in [0.2, 0.25) is 0 Å². The van der Waals surface area contributed by atoms with E-state index in [-0.39, 0.29) is 0 Å². The van der Waals surface area contributed by atoms with Gasteiger partial charge in [-0.25, -0.2) is 9.97 Å². The first-order valence-electron chi connectivity index (χ1n) is 7.92. The molecule has 1 atom stereocenters. The molecule has 5 heteroatoms. The second-order valence-corrected chi connectivity index (χ2v) is 7.15. The summed E-state index contributed by atoms with van der Waals surface area (Å²) in [6.07, 6.45) is 7.08. The molecule has 0 bridgehead atoms. The summed E-state index contributed by atoms with van der Waals surface area (Å²) in [5.41, 5.74) is 1.50. The van der Waals surface area contributed by atoms with Crippen LogP contribution in [-0.4, -0.2) is 30.2 Å². The number of thiophene rings is 1. The maximum atomic E-state index is 5.47. The lowest BCUT2D eigenvalue weighted by Crippen LogP contribution is -2.09. The fourth-order valence-corrected chi connectivity index (χ4v) is 4.76. The van der Waals surface area contributed by atoms with Gasteiger partial charge in [0.2, 0.25) is 0 Å². The number of anilines is 1. The minimum Gasteiger partial charge on any atom is -0.381 e. The van der Waals surface area contributed by atoms with Crippen molar-refractivity contribution in [1.82, 2.24) is 9.97 Å². The van der Waals surface area contributed by atoms with E-state index < -0.39 is 0 Å². The second-order valence-electron chi connectivity index (χ2n) is 6.06. The van der Waals surface area contributed by atoms with Crippen LogP contribution in [0.4, 0.5) is 5.82 Å². The second kappa shape index (κ2) is 5.54. The van der Waals surface area contributed by atoms with Crippen molar-refractivity contribution < 1.29 is 4.74 Å². The van der Waals surface area contributed by atoms with Gasteiger partial charge in [-0.3, -0.25) is 0 Å². The Hall–Kier alpha value is -1.20. The summed E-state index contributed by atoms with van der Waals surface area (Å²) < 4.78 is 5.47. The lowest BCUT2D eigenvalue weighted by molar-refractivity contribution is 0.185. The van der Waals surface area contributed by atoms with Gasteiger partial charge in [0.15, 0.2) is 0 Å². The number of fused-ring (bicyclic) bond motifs is 3. The number of aromatic nitrogens is 2. The zero-order valence-corrected chi connectivity index (χ0v) is 13.3.